The predicted octanol–water partition coefficient (Wildman–Crippen LogP) is 4.40. The van der Waals surface area contributed by atoms with Crippen LogP contribution in [0.4, 0.5) is 0 Å². The topological polar surface area (TPSA) is 72.2 Å². The van der Waals surface area contributed by atoms with Crippen LogP contribution in [-0.4, -0.2) is 56.1 Å². The summed E-state index contributed by atoms with van der Waals surface area (Å²) in [7, 11) is 3.17. The largest absolute Gasteiger partial charge is 0.497 e. The van der Waals surface area contributed by atoms with Gasteiger partial charge in [-0.2, -0.15) is 0 Å². The van der Waals surface area contributed by atoms with Crippen LogP contribution in [0.5, 0.6) is 11.5 Å². The molecule has 7 nitrogen and oxygen atoms in total. The van der Waals surface area contributed by atoms with Crippen molar-refractivity contribution >= 4 is 16.9 Å². The average molecular weight is 465 g/mol. The number of carbonyl (C=O) groups excluding carboxylic acids is 1. The summed E-state index contributed by atoms with van der Waals surface area (Å²) >= 11 is 0. The monoisotopic (exact) mass is 464 g/mol. The van der Waals surface area contributed by atoms with Crippen molar-refractivity contribution in [2.24, 2.45) is 0 Å². The van der Waals surface area contributed by atoms with Crippen LogP contribution in [0.3, 0.4) is 0 Å². The van der Waals surface area contributed by atoms with Crippen molar-refractivity contribution in [1.29, 1.82) is 0 Å². The molecule has 180 valence electrons. The molecule has 0 fully saturated rings. The van der Waals surface area contributed by atoms with Gasteiger partial charge in [0.05, 0.1) is 31.2 Å². The van der Waals surface area contributed by atoms with Gasteiger partial charge in [0.15, 0.2) is 5.43 Å². The van der Waals surface area contributed by atoms with Gasteiger partial charge in [0.25, 0.3) is 5.91 Å². The number of aryl methyl sites for hydroxylation is 1. The minimum atomic E-state index is -0.620. The molecule has 1 atom stereocenters. The van der Waals surface area contributed by atoms with Crippen LogP contribution < -0.4 is 14.9 Å². The minimum absolute atomic E-state index is 0.110. The first-order valence-electron chi connectivity index (χ1n) is 11.8. The van der Waals surface area contributed by atoms with Gasteiger partial charge in [-0.15, -0.1) is 0 Å². The van der Waals surface area contributed by atoms with Crippen LogP contribution in [0, 0.1) is 6.92 Å². The minimum Gasteiger partial charge on any atom is -0.497 e. The first-order valence-corrected chi connectivity index (χ1v) is 11.8. The summed E-state index contributed by atoms with van der Waals surface area (Å²) in [5.41, 5.74) is 2.25. The van der Waals surface area contributed by atoms with Gasteiger partial charge in [0.1, 0.15) is 17.1 Å². The first-order chi connectivity index (χ1) is 16.4. The molecule has 0 radical (unpaired) electrons. The van der Waals surface area contributed by atoms with E-state index in [1.165, 1.54) is 0 Å². The maximum Gasteiger partial charge on any atom is 0.290 e. The molecule has 4 rings (SSSR count). The SMILES string of the molecule is CCN(CC)CCCN1C(=O)c2oc3ccc(C)cc3c(=O)c2[C@@H]1c1cc(OC)ccc1OC. The zero-order valence-corrected chi connectivity index (χ0v) is 20.5. The molecule has 0 N–H and O–H groups in total. The maximum absolute atomic E-state index is 13.8. The van der Waals surface area contributed by atoms with Crippen LogP contribution in [-0.2, 0) is 0 Å². The number of benzene rings is 2. The van der Waals surface area contributed by atoms with Crippen LogP contribution in [0.1, 0.15) is 53.6 Å². The lowest BCUT2D eigenvalue weighted by Crippen LogP contribution is -2.33. The Kier molecular flexibility index (Phi) is 6.93. The van der Waals surface area contributed by atoms with Gasteiger partial charge >= 0.3 is 0 Å². The molecule has 7 heteroatoms. The number of methoxy groups -OCH3 is 2. The van der Waals surface area contributed by atoms with E-state index in [1.54, 1.807) is 37.3 Å². The Morgan fingerprint density at radius 1 is 1.03 bits per heavy atom. The fourth-order valence-corrected chi connectivity index (χ4v) is 4.75. The van der Waals surface area contributed by atoms with Crippen molar-refractivity contribution in [2.45, 2.75) is 33.2 Å². The molecule has 0 saturated carbocycles. The fraction of sp³-hybridized carbons (Fsp3) is 0.407. The highest BCUT2D eigenvalue weighted by molar-refractivity contribution is 5.99. The van der Waals surface area contributed by atoms with Crippen molar-refractivity contribution in [3.8, 4) is 11.5 Å². The summed E-state index contributed by atoms with van der Waals surface area (Å²) in [6.07, 6.45) is 0.775. The fourth-order valence-electron chi connectivity index (χ4n) is 4.75. The van der Waals surface area contributed by atoms with Gasteiger partial charge in [-0.3, -0.25) is 9.59 Å². The first kappa shape index (κ1) is 23.8. The zero-order valence-electron chi connectivity index (χ0n) is 20.5. The number of rotatable bonds is 9. The van der Waals surface area contributed by atoms with E-state index < -0.39 is 6.04 Å². The molecule has 3 aromatic rings. The van der Waals surface area contributed by atoms with E-state index in [0.29, 0.717) is 40.1 Å². The van der Waals surface area contributed by atoms with Crippen molar-refractivity contribution in [2.75, 3.05) is 40.4 Å². The van der Waals surface area contributed by atoms with E-state index in [1.807, 2.05) is 25.1 Å². The van der Waals surface area contributed by atoms with E-state index in [2.05, 4.69) is 18.7 Å². The summed E-state index contributed by atoms with van der Waals surface area (Å²) in [5.74, 6) is 1.05. The third kappa shape index (κ3) is 4.16. The second kappa shape index (κ2) is 9.89. The molecule has 34 heavy (non-hydrogen) atoms. The van der Waals surface area contributed by atoms with E-state index in [0.717, 1.165) is 31.6 Å². The quantitative estimate of drug-likeness (QED) is 0.468. The zero-order chi connectivity index (χ0) is 24.4. The Morgan fingerprint density at radius 3 is 2.47 bits per heavy atom. The predicted molar refractivity (Wildman–Crippen MR) is 132 cm³/mol. The van der Waals surface area contributed by atoms with Crippen LogP contribution in [0.25, 0.3) is 11.0 Å². The van der Waals surface area contributed by atoms with Gasteiger partial charge in [-0.25, -0.2) is 0 Å². The van der Waals surface area contributed by atoms with Crippen molar-refractivity contribution in [3.05, 3.63) is 69.1 Å². The molecule has 0 spiro atoms. The Balaban J connectivity index is 1.88. The highest BCUT2D eigenvalue weighted by Crippen LogP contribution is 2.42. The van der Waals surface area contributed by atoms with Crippen molar-refractivity contribution < 1.29 is 18.7 Å². The molecule has 1 aliphatic heterocycles. The van der Waals surface area contributed by atoms with E-state index >= 15 is 0 Å². The lowest BCUT2D eigenvalue weighted by Gasteiger charge is -2.28. The third-order valence-corrected chi connectivity index (χ3v) is 6.62. The van der Waals surface area contributed by atoms with Gasteiger partial charge in [0.2, 0.25) is 5.76 Å². The number of nitrogens with zero attached hydrogens (tertiary/aromatic N) is 2. The van der Waals surface area contributed by atoms with E-state index in [9.17, 15) is 9.59 Å². The number of ether oxygens (including phenoxy) is 2. The molecule has 0 aliphatic carbocycles. The molecule has 0 saturated heterocycles. The lowest BCUT2D eigenvalue weighted by atomic mass is 9.97. The van der Waals surface area contributed by atoms with Gasteiger partial charge in [0, 0.05) is 12.1 Å². The number of amides is 1. The number of carbonyl (C=O) groups is 1. The molecule has 1 aromatic heterocycles. The number of hydrogen-bond donors (Lipinski definition) is 0. The Morgan fingerprint density at radius 2 is 1.79 bits per heavy atom. The standard InChI is InChI=1S/C27H32N2O5/c1-6-28(7-2)13-8-14-29-24(19-16-18(32-4)10-12-21(19)33-5)23-25(30)20-15-17(3)9-11-22(20)34-26(23)27(29)31/h9-12,15-16,24H,6-8,13-14H2,1-5H3/t24-/m0/s1. The van der Waals surface area contributed by atoms with Crippen molar-refractivity contribution in [1.82, 2.24) is 9.80 Å². The molecule has 1 amide bonds. The second-order valence-electron chi connectivity index (χ2n) is 8.56. The summed E-state index contributed by atoms with van der Waals surface area (Å²) in [5, 5.41) is 0.475. The highest BCUT2D eigenvalue weighted by Gasteiger charge is 2.43. The summed E-state index contributed by atoms with van der Waals surface area (Å²) in [6, 6.07) is 10.3. The second-order valence-corrected chi connectivity index (χ2v) is 8.56. The molecular formula is C27H32N2O5. The smallest absolute Gasteiger partial charge is 0.290 e. The Labute approximate surface area is 199 Å². The van der Waals surface area contributed by atoms with E-state index in [-0.39, 0.29) is 17.1 Å². The van der Waals surface area contributed by atoms with Gasteiger partial charge in [-0.1, -0.05) is 25.5 Å². The maximum atomic E-state index is 13.8. The van der Waals surface area contributed by atoms with Crippen molar-refractivity contribution in [3.63, 3.8) is 0 Å². The lowest BCUT2D eigenvalue weighted by molar-refractivity contribution is 0.0718. The van der Waals surface area contributed by atoms with Crippen LogP contribution in [0.15, 0.2) is 45.6 Å². The van der Waals surface area contributed by atoms with Gasteiger partial charge in [-0.05, 0) is 63.3 Å². The molecular weight excluding hydrogens is 432 g/mol. The third-order valence-electron chi connectivity index (χ3n) is 6.62. The Bertz CT molecular complexity index is 1260. The number of hydrogen-bond acceptors (Lipinski definition) is 6. The summed E-state index contributed by atoms with van der Waals surface area (Å²) in [6.45, 7) is 9.42. The summed E-state index contributed by atoms with van der Waals surface area (Å²) < 4.78 is 17.2. The molecule has 2 aromatic carbocycles. The molecule has 1 aliphatic rings. The molecule has 2 heterocycles. The van der Waals surface area contributed by atoms with Gasteiger partial charge < -0.3 is 23.7 Å². The van der Waals surface area contributed by atoms with Crippen LogP contribution in [0.2, 0.25) is 0 Å². The Hall–Kier alpha value is -3.32. The van der Waals surface area contributed by atoms with Crippen LogP contribution >= 0.6 is 0 Å². The average Bonchev–Trinajstić information content (AvgIpc) is 3.13. The molecule has 0 unspecified atom stereocenters. The molecule has 0 bridgehead atoms. The summed E-state index contributed by atoms with van der Waals surface area (Å²) in [4.78, 5) is 31.4. The number of fused-ring (bicyclic) bond motifs is 2. The highest BCUT2D eigenvalue weighted by atomic mass is 16.5. The normalized spacial score (nSPS) is 15.3. The van der Waals surface area contributed by atoms with E-state index in [4.69, 9.17) is 13.9 Å².